The van der Waals surface area contributed by atoms with E-state index in [1.807, 2.05) is 67.6 Å². The summed E-state index contributed by atoms with van der Waals surface area (Å²) in [5.41, 5.74) is 3.17. The number of oxime groups is 2. The zero-order chi connectivity index (χ0) is 21.0. The molecular formula is C23H24N4O3. The molecule has 0 atom stereocenters. The zero-order valence-electron chi connectivity index (χ0n) is 17.1. The van der Waals surface area contributed by atoms with Crippen LogP contribution in [0.5, 0.6) is 11.6 Å². The van der Waals surface area contributed by atoms with E-state index in [1.54, 1.807) is 12.3 Å². The minimum atomic E-state index is 0.480. The van der Waals surface area contributed by atoms with Crippen molar-refractivity contribution in [1.29, 1.82) is 0 Å². The van der Waals surface area contributed by atoms with Crippen LogP contribution in [0.1, 0.15) is 30.4 Å². The largest absolute Gasteiger partial charge is 0.439 e. The Balaban J connectivity index is 1.44. The van der Waals surface area contributed by atoms with Crippen LogP contribution in [0.25, 0.3) is 0 Å². The van der Waals surface area contributed by atoms with Crippen LogP contribution in [-0.4, -0.2) is 35.6 Å². The number of aryl methyl sites for hydroxylation is 1. The first-order valence-electron chi connectivity index (χ1n) is 9.64. The topological polar surface area (TPSA) is 78.2 Å². The number of hydrogen-bond acceptors (Lipinski definition) is 7. The summed E-state index contributed by atoms with van der Waals surface area (Å²) < 4.78 is 5.72. The molecule has 0 aliphatic rings. The molecule has 0 N–H and O–H groups in total. The van der Waals surface area contributed by atoms with Crippen molar-refractivity contribution in [3.05, 3.63) is 83.8 Å². The molecule has 0 radical (unpaired) electrons. The highest BCUT2D eigenvalue weighted by molar-refractivity contribution is 5.96. The number of ether oxygens (including phenoxy) is 1. The van der Waals surface area contributed by atoms with Gasteiger partial charge in [0.05, 0.1) is 17.6 Å². The SMILES string of the molecule is CO/N=C(\C)c1cccc(CCCO/N=C/c2cccc(Oc3ccccc3)n2)n1. The summed E-state index contributed by atoms with van der Waals surface area (Å²) in [5.74, 6) is 1.24. The molecule has 7 nitrogen and oxygen atoms in total. The molecule has 30 heavy (non-hydrogen) atoms. The quantitative estimate of drug-likeness (QED) is 0.280. The molecule has 0 amide bonds. The summed E-state index contributed by atoms with van der Waals surface area (Å²) in [6, 6.07) is 20.9. The zero-order valence-corrected chi connectivity index (χ0v) is 17.1. The summed E-state index contributed by atoms with van der Waals surface area (Å²) in [4.78, 5) is 19.1. The number of pyridine rings is 2. The third-order valence-corrected chi connectivity index (χ3v) is 4.04. The Kier molecular flexibility index (Phi) is 7.91. The van der Waals surface area contributed by atoms with Crippen LogP contribution >= 0.6 is 0 Å². The first-order chi connectivity index (χ1) is 14.7. The maximum absolute atomic E-state index is 5.72. The minimum absolute atomic E-state index is 0.480. The van der Waals surface area contributed by atoms with Gasteiger partial charge in [0.25, 0.3) is 0 Å². The van der Waals surface area contributed by atoms with E-state index in [2.05, 4.69) is 20.3 Å². The third kappa shape index (κ3) is 6.70. The Hall–Kier alpha value is -3.74. The van der Waals surface area contributed by atoms with Gasteiger partial charge in [0.1, 0.15) is 25.2 Å². The van der Waals surface area contributed by atoms with Crippen molar-refractivity contribution in [2.24, 2.45) is 10.3 Å². The molecule has 7 heteroatoms. The summed E-state index contributed by atoms with van der Waals surface area (Å²) in [7, 11) is 1.52. The fraction of sp³-hybridized carbons (Fsp3) is 0.217. The fourth-order valence-corrected chi connectivity index (χ4v) is 2.63. The Labute approximate surface area is 176 Å². The van der Waals surface area contributed by atoms with Gasteiger partial charge < -0.3 is 14.4 Å². The van der Waals surface area contributed by atoms with Crippen LogP contribution in [-0.2, 0) is 16.1 Å². The molecule has 0 spiro atoms. The lowest BCUT2D eigenvalue weighted by Gasteiger charge is -2.05. The molecule has 2 aromatic heterocycles. The van der Waals surface area contributed by atoms with Crippen molar-refractivity contribution in [3.8, 4) is 11.6 Å². The first-order valence-corrected chi connectivity index (χ1v) is 9.64. The molecule has 0 unspecified atom stereocenters. The van der Waals surface area contributed by atoms with Gasteiger partial charge >= 0.3 is 0 Å². The lowest BCUT2D eigenvalue weighted by Crippen LogP contribution is -2.03. The number of aromatic nitrogens is 2. The molecule has 0 saturated heterocycles. The van der Waals surface area contributed by atoms with E-state index >= 15 is 0 Å². The standard InChI is InChI=1S/C23H24N4O3/c1-18(27-28-2)22-14-6-9-19(25-22)11-8-16-29-24-17-20-10-7-15-23(26-20)30-21-12-4-3-5-13-21/h3-7,9-10,12-15,17H,8,11,16H2,1-2H3/b24-17+,27-18+. The summed E-state index contributed by atoms with van der Waals surface area (Å²) in [6.07, 6.45) is 3.14. The smallest absolute Gasteiger partial charge is 0.219 e. The Morgan fingerprint density at radius 3 is 2.63 bits per heavy atom. The molecule has 1 aromatic carbocycles. The monoisotopic (exact) mass is 404 g/mol. The van der Waals surface area contributed by atoms with Crippen LogP contribution in [0.2, 0.25) is 0 Å². The molecule has 0 aliphatic carbocycles. The Morgan fingerprint density at radius 2 is 1.80 bits per heavy atom. The highest BCUT2D eigenvalue weighted by Crippen LogP contribution is 2.18. The van der Waals surface area contributed by atoms with Gasteiger partial charge in [-0.05, 0) is 50.1 Å². The molecule has 3 rings (SSSR count). The maximum Gasteiger partial charge on any atom is 0.219 e. The van der Waals surface area contributed by atoms with E-state index in [4.69, 9.17) is 14.4 Å². The van der Waals surface area contributed by atoms with Gasteiger partial charge in [-0.3, -0.25) is 4.98 Å². The predicted octanol–water partition coefficient (Wildman–Crippen LogP) is 4.62. The number of nitrogens with zero attached hydrogens (tertiary/aromatic N) is 4. The van der Waals surface area contributed by atoms with E-state index in [0.29, 0.717) is 18.2 Å². The van der Waals surface area contributed by atoms with Crippen molar-refractivity contribution in [1.82, 2.24) is 9.97 Å². The maximum atomic E-state index is 5.72. The van der Waals surface area contributed by atoms with Crippen LogP contribution in [0.3, 0.4) is 0 Å². The van der Waals surface area contributed by atoms with Crippen molar-refractivity contribution in [2.75, 3.05) is 13.7 Å². The molecule has 0 aliphatic heterocycles. The third-order valence-electron chi connectivity index (χ3n) is 4.04. The molecule has 154 valence electrons. The van der Waals surface area contributed by atoms with E-state index in [1.165, 1.54) is 7.11 Å². The van der Waals surface area contributed by atoms with Crippen molar-refractivity contribution in [2.45, 2.75) is 19.8 Å². The molecule has 3 aromatic rings. The van der Waals surface area contributed by atoms with Gasteiger partial charge in [0.2, 0.25) is 5.88 Å². The van der Waals surface area contributed by atoms with Crippen LogP contribution in [0.15, 0.2) is 77.0 Å². The van der Waals surface area contributed by atoms with Gasteiger partial charge in [0.15, 0.2) is 0 Å². The fourth-order valence-electron chi connectivity index (χ4n) is 2.63. The molecule has 0 fully saturated rings. The average Bonchev–Trinajstić information content (AvgIpc) is 2.77. The van der Waals surface area contributed by atoms with Gasteiger partial charge in [-0.2, -0.15) is 0 Å². The van der Waals surface area contributed by atoms with Crippen molar-refractivity contribution >= 4 is 11.9 Å². The average molecular weight is 404 g/mol. The number of hydrogen-bond donors (Lipinski definition) is 0. The van der Waals surface area contributed by atoms with E-state index in [0.717, 1.165) is 35.7 Å². The van der Waals surface area contributed by atoms with Crippen molar-refractivity contribution < 1.29 is 14.4 Å². The Bertz CT molecular complexity index is 991. The van der Waals surface area contributed by atoms with Crippen LogP contribution in [0, 0.1) is 0 Å². The minimum Gasteiger partial charge on any atom is -0.439 e. The summed E-state index contributed by atoms with van der Waals surface area (Å²) in [5, 5.41) is 7.90. The second kappa shape index (κ2) is 11.3. The lowest BCUT2D eigenvalue weighted by atomic mass is 10.2. The number of rotatable bonds is 10. The van der Waals surface area contributed by atoms with Gasteiger partial charge in [-0.1, -0.05) is 40.6 Å². The normalized spacial score (nSPS) is 11.5. The second-order valence-corrected chi connectivity index (χ2v) is 6.36. The van der Waals surface area contributed by atoms with E-state index in [9.17, 15) is 0 Å². The number of benzene rings is 1. The highest BCUT2D eigenvalue weighted by Gasteiger charge is 2.02. The molecule has 2 heterocycles. The van der Waals surface area contributed by atoms with Gasteiger partial charge in [-0.15, -0.1) is 0 Å². The number of para-hydroxylation sites is 1. The van der Waals surface area contributed by atoms with E-state index in [-0.39, 0.29) is 0 Å². The summed E-state index contributed by atoms with van der Waals surface area (Å²) in [6.45, 7) is 2.34. The Morgan fingerprint density at radius 1 is 0.967 bits per heavy atom. The predicted molar refractivity (Wildman–Crippen MR) is 116 cm³/mol. The van der Waals surface area contributed by atoms with Crippen LogP contribution in [0.4, 0.5) is 0 Å². The van der Waals surface area contributed by atoms with Gasteiger partial charge in [0, 0.05) is 11.8 Å². The second-order valence-electron chi connectivity index (χ2n) is 6.36. The van der Waals surface area contributed by atoms with Crippen LogP contribution < -0.4 is 4.74 Å². The van der Waals surface area contributed by atoms with Gasteiger partial charge in [-0.25, -0.2) is 4.98 Å². The molecule has 0 saturated carbocycles. The molecule has 0 bridgehead atoms. The first kappa shape index (κ1) is 21.0. The summed E-state index contributed by atoms with van der Waals surface area (Å²) >= 11 is 0. The van der Waals surface area contributed by atoms with Crippen molar-refractivity contribution in [3.63, 3.8) is 0 Å². The lowest BCUT2D eigenvalue weighted by molar-refractivity contribution is 0.143. The highest BCUT2D eigenvalue weighted by atomic mass is 16.6. The molecular weight excluding hydrogens is 380 g/mol. The van der Waals surface area contributed by atoms with E-state index < -0.39 is 0 Å².